The monoisotopic (exact) mass is 426 g/mol. The van der Waals surface area contributed by atoms with Crippen molar-refractivity contribution in [3.63, 3.8) is 0 Å². The van der Waals surface area contributed by atoms with E-state index in [1.807, 2.05) is 39.0 Å². The Kier molecular flexibility index (Phi) is 5.64. The number of rotatable bonds is 4. The van der Waals surface area contributed by atoms with Crippen LogP contribution in [0.1, 0.15) is 28.4 Å². The molecule has 22 heavy (non-hydrogen) atoms. The standard InChI is InChI=1S/C17H16Br2O3/c1-4-21-15-6-5-12(18)9-14(15)17(20)22-16-10(2)7-13(19)8-11(16)3/h5-9H,4H2,1-3H3. The summed E-state index contributed by atoms with van der Waals surface area (Å²) in [7, 11) is 0. The Morgan fingerprint density at radius 2 is 1.68 bits per heavy atom. The van der Waals surface area contributed by atoms with Gasteiger partial charge in [-0.05, 0) is 62.2 Å². The summed E-state index contributed by atoms with van der Waals surface area (Å²) in [5.41, 5.74) is 2.19. The largest absolute Gasteiger partial charge is 0.493 e. The summed E-state index contributed by atoms with van der Waals surface area (Å²) in [6, 6.07) is 9.13. The topological polar surface area (TPSA) is 35.5 Å². The van der Waals surface area contributed by atoms with E-state index in [9.17, 15) is 4.79 Å². The summed E-state index contributed by atoms with van der Waals surface area (Å²) in [4.78, 5) is 12.5. The van der Waals surface area contributed by atoms with Crippen LogP contribution in [0.15, 0.2) is 39.3 Å². The lowest BCUT2D eigenvalue weighted by Crippen LogP contribution is -2.12. The molecule has 0 aliphatic heterocycles. The number of carbonyl (C=O) groups is 1. The molecule has 0 N–H and O–H groups in total. The van der Waals surface area contributed by atoms with E-state index in [-0.39, 0.29) is 0 Å². The molecule has 0 spiro atoms. The van der Waals surface area contributed by atoms with Crippen LogP contribution in [-0.2, 0) is 0 Å². The number of esters is 1. The molecule has 0 aromatic heterocycles. The fraction of sp³-hybridized carbons (Fsp3) is 0.235. The van der Waals surface area contributed by atoms with Crippen LogP contribution in [0.5, 0.6) is 11.5 Å². The predicted octanol–water partition coefficient (Wildman–Crippen LogP) is 5.45. The van der Waals surface area contributed by atoms with Gasteiger partial charge in [-0.25, -0.2) is 4.79 Å². The molecule has 0 saturated heterocycles. The van der Waals surface area contributed by atoms with Gasteiger partial charge in [0.05, 0.1) is 6.61 Å². The molecular formula is C17H16Br2O3. The van der Waals surface area contributed by atoms with Gasteiger partial charge in [-0.15, -0.1) is 0 Å². The van der Waals surface area contributed by atoms with Crippen LogP contribution in [0.2, 0.25) is 0 Å². The van der Waals surface area contributed by atoms with Crippen molar-refractivity contribution in [1.29, 1.82) is 0 Å². The van der Waals surface area contributed by atoms with Crippen LogP contribution >= 0.6 is 31.9 Å². The summed E-state index contributed by atoms with van der Waals surface area (Å²) < 4.78 is 12.9. The number of benzene rings is 2. The van der Waals surface area contributed by atoms with Crippen LogP contribution in [0.4, 0.5) is 0 Å². The Balaban J connectivity index is 2.36. The van der Waals surface area contributed by atoms with Crippen molar-refractivity contribution in [2.24, 2.45) is 0 Å². The highest BCUT2D eigenvalue weighted by atomic mass is 79.9. The van der Waals surface area contributed by atoms with Crippen molar-refractivity contribution in [2.75, 3.05) is 6.61 Å². The fourth-order valence-electron chi connectivity index (χ4n) is 2.15. The number of carbonyl (C=O) groups excluding carboxylic acids is 1. The lowest BCUT2D eigenvalue weighted by atomic mass is 10.1. The normalized spacial score (nSPS) is 10.4. The van der Waals surface area contributed by atoms with Gasteiger partial charge in [0.2, 0.25) is 0 Å². The molecule has 0 fully saturated rings. The van der Waals surface area contributed by atoms with Crippen molar-refractivity contribution in [1.82, 2.24) is 0 Å². The van der Waals surface area contributed by atoms with Crippen LogP contribution < -0.4 is 9.47 Å². The minimum Gasteiger partial charge on any atom is -0.493 e. The molecule has 2 aromatic carbocycles. The number of hydrogen-bond acceptors (Lipinski definition) is 3. The van der Waals surface area contributed by atoms with E-state index in [4.69, 9.17) is 9.47 Å². The Morgan fingerprint density at radius 1 is 1.05 bits per heavy atom. The minimum atomic E-state index is -0.432. The lowest BCUT2D eigenvalue weighted by molar-refractivity contribution is 0.0728. The number of halogens is 2. The average molecular weight is 428 g/mol. The van der Waals surface area contributed by atoms with Gasteiger partial charge in [-0.2, -0.15) is 0 Å². The highest BCUT2D eigenvalue weighted by Crippen LogP contribution is 2.30. The van der Waals surface area contributed by atoms with E-state index < -0.39 is 5.97 Å². The Bertz CT molecular complexity index is 688. The molecule has 5 heteroatoms. The van der Waals surface area contributed by atoms with E-state index in [2.05, 4.69) is 31.9 Å². The maximum atomic E-state index is 12.5. The smallest absolute Gasteiger partial charge is 0.347 e. The van der Waals surface area contributed by atoms with Gasteiger partial charge in [0.15, 0.2) is 0 Å². The summed E-state index contributed by atoms with van der Waals surface area (Å²) in [5, 5.41) is 0. The van der Waals surface area contributed by atoms with E-state index in [1.54, 1.807) is 12.1 Å². The Morgan fingerprint density at radius 3 is 2.27 bits per heavy atom. The van der Waals surface area contributed by atoms with Crippen molar-refractivity contribution in [3.05, 3.63) is 56.0 Å². The first-order chi connectivity index (χ1) is 10.4. The van der Waals surface area contributed by atoms with Gasteiger partial charge in [0.25, 0.3) is 0 Å². The lowest BCUT2D eigenvalue weighted by Gasteiger charge is -2.13. The highest BCUT2D eigenvalue weighted by Gasteiger charge is 2.18. The second kappa shape index (κ2) is 7.29. The number of ether oxygens (including phenoxy) is 2. The van der Waals surface area contributed by atoms with Gasteiger partial charge >= 0.3 is 5.97 Å². The van der Waals surface area contributed by atoms with Crippen LogP contribution in [-0.4, -0.2) is 12.6 Å². The van der Waals surface area contributed by atoms with Gasteiger partial charge < -0.3 is 9.47 Å². The first kappa shape index (κ1) is 17.0. The van der Waals surface area contributed by atoms with Crippen LogP contribution in [0.3, 0.4) is 0 Å². The zero-order valence-electron chi connectivity index (χ0n) is 12.6. The quantitative estimate of drug-likeness (QED) is 0.480. The van der Waals surface area contributed by atoms with Crippen LogP contribution in [0, 0.1) is 13.8 Å². The molecule has 2 aromatic rings. The maximum Gasteiger partial charge on any atom is 0.347 e. The Hall–Kier alpha value is -1.33. The van der Waals surface area contributed by atoms with Crippen molar-refractivity contribution in [2.45, 2.75) is 20.8 Å². The average Bonchev–Trinajstić information content (AvgIpc) is 2.44. The first-order valence-electron chi connectivity index (χ1n) is 6.83. The van der Waals surface area contributed by atoms with Gasteiger partial charge in [0.1, 0.15) is 17.1 Å². The Labute approximate surface area is 146 Å². The number of hydrogen-bond donors (Lipinski definition) is 0. The molecule has 0 radical (unpaired) electrons. The van der Waals surface area contributed by atoms with Crippen molar-refractivity contribution in [3.8, 4) is 11.5 Å². The van der Waals surface area contributed by atoms with E-state index in [0.717, 1.165) is 20.1 Å². The van der Waals surface area contributed by atoms with Gasteiger partial charge in [-0.3, -0.25) is 0 Å². The van der Waals surface area contributed by atoms with E-state index in [1.165, 1.54) is 0 Å². The molecule has 0 aliphatic rings. The summed E-state index contributed by atoms with van der Waals surface area (Å²) >= 11 is 6.80. The molecule has 0 atom stereocenters. The second-order valence-corrected chi connectivity index (χ2v) is 6.66. The third-order valence-electron chi connectivity index (χ3n) is 3.08. The molecule has 0 saturated carbocycles. The van der Waals surface area contributed by atoms with Gasteiger partial charge in [-0.1, -0.05) is 31.9 Å². The summed E-state index contributed by atoms with van der Waals surface area (Å²) in [5.74, 6) is 0.664. The van der Waals surface area contributed by atoms with E-state index >= 15 is 0 Å². The molecule has 116 valence electrons. The maximum absolute atomic E-state index is 12.5. The van der Waals surface area contributed by atoms with Crippen LogP contribution in [0.25, 0.3) is 0 Å². The van der Waals surface area contributed by atoms with Gasteiger partial charge in [0, 0.05) is 8.95 Å². The molecule has 3 nitrogen and oxygen atoms in total. The molecule has 0 unspecified atom stereocenters. The summed E-state index contributed by atoms with van der Waals surface area (Å²) in [6.45, 7) is 6.17. The predicted molar refractivity (Wildman–Crippen MR) is 93.9 cm³/mol. The molecule has 0 amide bonds. The highest BCUT2D eigenvalue weighted by molar-refractivity contribution is 9.10. The fourth-order valence-corrected chi connectivity index (χ4v) is 3.20. The molecule has 0 heterocycles. The zero-order chi connectivity index (χ0) is 16.3. The van der Waals surface area contributed by atoms with Crippen molar-refractivity contribution < 1.29 is 14.3 Å². The second-order valence-electron chi connectivity index (χ2n) is 4.83. The molecule has 2 rings (SSSR count). The third kappa shape index (κ3) is 3.90. The first-order valence-corrected chi connectivity index (χ1v) is 8.42. The van der Waals surface area contributed by atoms with E-state index in [0.29, 0.717) is 23.7 Å². The summed E-state index contributed by atoms with van der Waals surface area (Å²) in [6.07, 6.45) is 0. The zero-order valence-corrected chi connectivity index (χ0v) is 15.7. The van der Waals surface area contributed by atoms with Crippen molar-refractivity contribution >= 4 is 37.8 Å². The molecule has 0 bridgehead atoms. The number of aryl methyl sites for hydroxylation is 2. The molecule has 0 aliphatic carbocycles. The minimum absolute atomic E-state index is 0.401. The SMILES string of the molecule is CCOc1ccc(Br)cc1C(=O)Oc1c(C)cc(Br)cc1C. The third-order valence-corrected chi connectivity index (χ3v) is 4.03. The molecular weight excluding hydrogens is 412 g/mol.